The van der Waals surface area contributed by atoms with Gasteiger partial charge in [-0.2, -0.15) is 0 Å². The number of alkyl halides is 2. The molecule has 0 radical (unpaired) electrons. The smallest absolute Gasteiger partial charge is 0.257 e. The van der Waals surface area contributed by atoms with Crippen LogP contribution in [0.1, 0.15) is 46.5 Å². The molecule has 1 aliphatic rings. The Morgan fingerprint density at radius 2 is 2.16 bits per heavy atom. The second kappa shape index (κ2) is 7.65. The van der Waals surface area contributed by atoms with Crippen LogP contribution in [-0.2, 0) is 0 Å². The van der Waals surface area contributed by atoms with Gasteiger partial charge in [0.05, 0.1) is 0 Å². The summed E-state index contributed by atoms with van der Waals surface area (Å²) >= 11 is 0. The van der Waals surface area contributed by atoms with Gasteiger partial charge in [-0.3, -0.25) is 0 Å². The van der Waals surface area contributed by atoms with Crippen molar-refractivity contribution in [2.24, 2.45) is 10.4 Å². The van der Waals surface area contributed by atoms with Gasteiger partial charge in [0.1, 0.15) is 6.54 Å². The molecule has 112 valence electrons. The van der Waals surface area contributed by atoms with Crippen LogP contribution in [0, 0.1) is 5.41 Å². The third-order valence-corrected chi connectivity index (χ3v) is 3.65. The average molecular weight is 275 g/mol. The second-order valence-corrected chi connectivity index (χ2v) is 5.67. The fourth-order valence-corrected chi connectivity index (χ4v) is 2.89. The Kier molecular flexibility index (Phi) is 6.52. The van der Waals surface area contributed by atoms with Gasteiger partial charge >= 0.3 is 0 Å². The summed E-state index contributed by atoms with van der Waals surface area (Å²) < 4.78 is 24.6. The molecule has 1 rings (SSSR count). The molecule has 1 N–H and O–H groups in total. The number of hydrogen-bond acceptors (Lipinski definition) is 1. The van der Waals surface area contributed by atoms with Crippen LogP contribution in [0.4, 0.5) is 8.78 Å². The van der Waals surface area contributed by atoms with Gasteiger partial charge in [-0.25, -0.2) is 13.8 Å². The third-order valence-electron chi connectivity index (χ3n) is 3.65. The van der Waals surface area contributed by atoms with Crippen molar-refractivity contribution in [3.8, 4) is 0 Å². The number of aliphatic imine (C=N–C) groups is 1. The lowest BCUT2D eigenvalue weighted by Gasteiger charge is -2.42. The summed E-state index contributed by atoms with van der Waals surface area (Å²) in [6.45, 7) is 8.57. The SMILES string of the molecule is CCCC1(C)CCCN(C(=NCC(F)F)NCC)C1. The normalized spacial score (nSPS) is 24.9. The molecule has 19 heavy (non-hydrogen) atoms. The largest absolute Gasteiger partial charge is 0.357 e. The van der Waals surface area contributed by atoms with E-state index in [4.69, 9.17) is 0 Å². The number of hydrogen-bond donors (Lipinski definition) is 1. The first kappa shape index (κ1) is 16.2. The number of likely N-dealkylation sites (tertiary alicyclic amines) is 1. The topological polar surface area (TPSA) is 27.6 Å². The van der Waals surface area contributed by atoms with Gasteiger partial charge < -0.3 is 10.2 Å². The summed E-state index contributed by atoms with van der Waals surface area (Å²) in [6, 6.07) is 0. The van der Waals surface area contributed by atoms with Crippen molar-refractivity contribution in [2.45, 2.75) is 52.9 Å². The maximum absolute atomic E-state index is 12.3. The molecule has 1 saturated heterocycles. The van der Waals surface area contributed by atoms with E-state index in [0.29, 0.717) is 12.5 Å². The Hall–Kier alpha value is -0.870. The van der Waals surface area contributed by atoms with E-state index in [-0.39, 0.29) is 5.41 Å². The maximum atomic E-state index is 12.3. The Morgan fingerprint density at radius 1 is 1.42 bits per heavy atom. The standard InChI is InChI=1S/C14H27F2N3/c1-4-7-14(3)8-6-9-19(11-14)13(17-5-2)18-10-12(15)16/h12H,4-11H2,1-3H3,(H,17,18). The molecule has 0 saturated carbocycles. The van der Waals surface area contributed by atoms with Crippen molar-refractivity contribution in [1.29, 1.82) is 0 Å². The van der Waals surface area contributed by atoms with Crippen LogP contribution < -0.4 is 5.32 Å². The highest BCUT2D eigenvalue weighted by Crippen LogP contribution is 2.33. The Labute approximate surface area is 115 Å². The lowest BCUT2D eigenvalue weighted by atomic mass is 9.78. The number of nitrogens with zero attached hydrogens (tertiary/aromatic N) is 2. The minimum absolute atomic E-state index is 0.286. The van der Waals surface area contributed by atoms with Gasteiger partial charge in [0, 0.05) is 19.6 Å². The van der Waals surface area contributed by atoms with Gasteiger partial charge in [0.2, 0.25) is 0 Å². The van der Waals surface area contributed by atoms with Gasteiger partial charge in [0.15, 0.2) is 5.96 Å². The Balaban J connectivity index is 2.70. The third kappa shape index (κ3) is 5.33. The van der Waals surface area contributed by atoms with Crippen molar-refractivity contribution >= 4 is 5.96 Å². The molecule has 1 aliphatic heterocycles. The molecule has 0 aromatic rings. The van der Waals surface area contributed by atoms with Crippen LogP contribution >= 0.6 is 0 Å². The molecule has 0 aliphatic carbocycles. The Bertz CT molecular complexity index is 290. The van der Waals surface area contributed by atoms with E-state index >= 15 is 0 Å². The highest BCUT2D eigenvalue weighted by molar-refractivity contribution is 5.80. The summed E-state index contributed by atoms with van der Waals surface area (Å²) in [7, 11) is 0. The highest BCUT2D eigenvalue weighted by atomic mass is 19.3. The molecular formula is C14H27F2N3. The summed E-state index contributed by atoms with van der Waals surface area (Å²) in [6.07, 6.45) is 2.29. The first-order valence-corrected chi connectivity index (χ1v) is 7.32. The minimum atomic E-state index is -2.37. The fraction of sp³-hybridized carbons (Fsp3) is 0.929. The number of piperidine rings is 1. The molecule has 0 bridgehead atoms. The molecule has 1 atom stereocenters. The summed E-state index contributed by atoms with van der Waals surface area (Å²) in [4.78, 5) is 6.19. The van der Waals surface area contributed by atoms with E-state index in [2.05, 4.69) is 29.1 Å². The highest BCUT2D eigenvalue weighted by Gasteiger charge is 2.31. The van der Waals surface area contributed by atoms with E-state index in [9.17, 15) is 8.78 Å². The monoisotopic (exact) mass is 275 g/mol. The quantitative estimate of drug-likeness (QED) is 0.616. The first-order chi connectivity index (χ1) is 9.00. The molecule has 0 spiro atoms. The van der Waals surface area contributed by atoms with Crippen molar-refractivity contribution in [2.75, 3.05) is 26.2 Å². The molecule has 0 aromatic heterocycles. The van der Waals surface area contributed by atoms with Crippen LogP contribution in [-0.4, -0.2) is 43.5 Å². The fourth-order valence-electron chi connectivity index (χ4n) is 2.89. The average Bonchev–Trinajstić information content (AvgIpc) is 2.34. The van der Waals surface area contributed by atoms with Gasteiger partial charge in [-0.1, -0.05) is 20.3 Å². The van der Waals surface area contributed by atoms with Gasteiger partial charge in [0.25, 0.3) is 6.43 Å². The number of rotatable bonds is 5. The molecule has 1 fully saturated rings. The molecule has 3 nitrogen and oxygen atoms in total. The maximum Gasteiger partial charge on any atom is 0.257 e. The zero-order valence-corrected chi connectivity index (χ0v) is 12.4. The lowest BCUT2D eigenvalue weighted by molar-refractivity contribution is 0.139. The molecule has 1 heterocycles. The van der Waals surface area contributed by atoms with Gasteiger partial charge in [-0.05, 0) is 31.6 Å². The van der Waals surface area contributed by atoms with E-state index in [1.54, 1.807) is 0 Å². The molecular weight excluding hydrogens is 248 g/mol. The second-order valence-electron chi connectivity index (χ2n) is 5.67. The zero-order chi connectivity index (χ0) is 14.3. The number of guanidine groups is 1. The summed E-state index contributed by atoms with van der Waals surface area (Å²) in [5.74, 6) is 0.643. The van der Waals surface area contributed by atoms with Crippen LogP contribution in [0.2, 0.25) is 0 Å². The van der Waals surface area contributed by atoms with Crippen molar-refractivity contribution in [3.63, 3.8) is 0 Å². The summed E-state index contributed by atoms with van der Waals surface area (Å²) in [5, 5.41) is 3.13. The van der Waals surface area contributed by atoms with E-state index in [1.165, 1.54) is 12.8 Å². The molecule has 5 heteroatoms. The van der Waals surface area contributed by atoms with Gasteiger partial charge in [-0.15, -0.1) is 0 Å². The number of halogens is 2. The van der Waals surface area contributed by atoms with E-state index in [1.807, 2.05) is 6.92 Å². The van der Waals surface area contributed by atoms with Crippen molar-refractivity contribution in [1.82, 2.24) is 10.2 Å². The van der Waals surface area contributed by atoms with Crippen LogP contribution in [0.3, 0.4) is 0 Å². The number of nitrogens with one attached hydrogen (secondary N) is 1. The van der Waals surface area contributed by atoms with E-state index in [0.717, 1.165) is 25.9 Å². The predicted octanol–water partition coefficient (Wildman–Crippen LogP) is 3.12. The van der Waals surface area contributed by atoms with Crippen LogP contribution in [0.25, 0.3) is 0 Å². The molecule has 1 unspecified atom stereocenters. The van der Waals surface area contributed by atoms with Crippen molar-refractivity contribution < 1.29 is 8.78 Å². The van der Waals surface area contributed by atoms with E-state index < -0.39 is 13.0 Å². The lowest BCUT2D eigenvalue weighted by Crippen LogP contribution is -2.50. The van der Waals surface area contributed by atoms with Crippen LogP contribution in [0.15, 0.2) is 4.99 Å². The zero-order valence-electron chi connectivity index (χ0n) is 12.4. The molecule has 0 amide bonds. The van der Waals surface area contributed by atoms with Crippen molar-refractivity contribution in [3.05, 3.63) is 0 Å². The summed E-state index contributed by atoms with van der Waals surface area (Å²) in [5.41, 5.74) is 0.286. The predicted molar refractivity (Wildman–Crippen MR) is 75.8 cm³/mol. The first-order valence-electron chi connectivity index (χ1n) is 7.32. The molecule has 0 aromatic carbocycles. The van der Waals surface area contributed by atoms with Crippen LogP contribution in [0.5, 0.6) is 0 Å². The minimum Gasteiger partial charge on any atom is -0.357 e. The Morgan fingerprint density at radius 3 is 2.74 bits per heavy atom.